The van der Waals surface area contributed by atoms with Crippen LogP contribution in [0.25, 0.3) is 11.5 Å². The fourth-order valence-corrected chi connectivity index (χ4v) is 1.48. The molecular formula is C10H9N3O4. The summed E-state index contributed by atoms with van der Waals surface area (Å²) in [6, 6.07) is 4.60. The molecule has 0 aliphatic carbocycles. The van der Waals surface area contributed by atoms with Gasteiger partial charge in [-0.25, -0.2) is 0 Å². The zero-order chi connectivity index (χ0) is 12.4. The number of hydrogen-bond acceptors (Lipinski definition) is 6. The maximum Gasteiger partial charge on any atom is 0.273 e. The van der Waals surface area contributed by atoms with E-state index in [0.29, 0.717) is 11.1 Å². The molecule has 1 N–H and O–H groups in total. The van der Waals surface area contributed by atoms with E-state index in [1.807, 2.05) is 0 Å². The van der Waals surface area contributed by atoms with Gasteiger partial charge in [-0.1, -0.05) is 11.2 Å². The highest BCUT2D eigenvalue weighted by Crippen LogP contribution is 2.28. The minimum atomic E-state index is -0.470. The van der Waals surface area contributed by atoms with Gasteiger partial charge >= 0.3 is 0 Å². The van der Waals surface area contributed by atoms with Crippen molar-refractivity contribution in [3.8, 4) is 11.5 Å². The number of nitro benzene ring substituents is 1. The lowest BCUT2D eigenvalue weighted by Crippen LogP contribution is -1.94. The van der Waals surface area contributed by atoms with E-state index in [4.69, 9.17) is 9.63 Å². The van der Waals surface area contributed by atoms with E-state index in [0.717, 1.165) is 0 Å². The molecule has 7 nitrogen and oxygen atoms in total. The zero-order valence-electron chi connectivity index (χ0n) is 8.95. The van der Waals surface area contributed by atoms with Gasteiger partial charge in [-0.05, 0) is 13.0 Å². The molecule has 7 heteroatoms. The summed E-state index contributed by atoms with van der Waals surface area (Å²) in [5, 5.41) is 23.1. The van der Waals surface area contributed by atoms with Crippen molar-refractivity contribution in [3.63, 3.8) is 0 Å². The van der Waals surface area contributed by atoms with Gasteiger partial charge in [0.1, 0.15) is 6.61 Å². The highest BCUT2D eigenvalue weighted by atomic mass is 16.6. The van der Waals surface area contributed by atoms with E-state index in [2.05, 4.69) is 10.1 Å². The van der Waals surface area contributed by atoms with Crippen molar-refractivity contribution in [3.05, 3.63) is 39.7 Å². The molecule has 17 heavy (non-hydrogen) atoms. The molecule has 0 bridgehead atoms. The number of nitrogens with zero attached hydrogens (tertiary/aromatic N) is 3. The summed E-state index contributed by atoms with van der Waals surface area (Å²) in [5.41, 5.74) is 0.934. The van der Waals surface area contributed by atoms with Crippen LogP contribution in [-0.4, -0.2) is 20.2 Å². The number of hydrogen-bond donors (Lipinski definition) is 1. The minimum absolute atomic E-state index is 0.00810. The Morgan fingerprint density at radius 3 is 2.88 bits per heavy atom. The van der Waals surface area contributed by atoms with Crippen LogP contribution in [0.15, 0.2) is 22.7 Å². The highest BCUT2D eigenvalue weighted by molar-refractivity contribution is 5.64. The molecular weight excluding hydrogens is 226 g/mol. The van der Waals surface area contributed by atoms with Crippen LogP contribution >= 0.6 is 0 Å². The Bertz CT molecular complexity index is 564. The summed E-state index contributed by atoms with van der Waals surface area (Å²) < 4.78 is 4.91. The molecule has 0 aliphatic rings. The summed E-state index contributed by atoms with van der Waals surface area (Å²) in [6.07, 6.45) is 0. The van der Waals surface area contributed by atoms with E-state index < -0.39 is 4.92 Å². The average Bonchev–Trinajstić information content (AvgIpc) is 2.77. The molecule has 1 heterocycles. The average molecular weight is 235 g/mol. The van der Waals surface area contributed by atoms with Gasteiger partial charge in [0.05, 0.1) is 4.92 Å². The molecule has 1 aromatic carbocycles. The second-order valence-electron chi connectivity index (χ2n) is 3.38. The maximum atomic E-state index is 10.8. The number of aliphatic hydroxyl groups is 1. The van der Waals surface area contributed by atoms with E-state index in [9.17, 15) is 10.1 Å². The second-order valence-corrected chi connectivity index (χ2v) is 3.38. The van der Waals surface area contributed by atoms with Crippen molar-refractivity contribution in [1.29, 1.82) is 0 Å². The molecule has 0 saturated heterocycles. The topological polar surface area (TPSA) is 102 Å². The summed E-state index contributed by atoms with van der Waals surface area (Å²) in [7, 11) is 0. The Morgan fingerprint density at radius 1 is 1.53 bits per heavy atom. The first kappa shape index (κ1) is 11.2. The van der Waals surface area contributed by atoms with E-state index in [1.165, 1.54) is 6.07 Å². The number of rotatable bonds is 3. The van der Waals surface area contributed by atoms with Gasteiger partial charge in [0, 0.05) is 17.2 Å². The third kappa shape index (κ3) is 2.00. The Kier molecular flexibility index (Phi) is 2.84. The Balaban J connectivity index is 2.52. The quantitative estimate of drug-likeness (QED) is 0.637. The molecule has 0 atom stereocenters. The summed E-state index contributed by atoms with van der Waals surface area (Å²) in [6.45, 7) is 1.27. The lowest BCUT2D eigenvalue weighted by atomic mass is 10.1. The first-order chi connectivity index (χ1) is 8.13. The standard InChI is InChI=1S/C10H9N3O4/c1-6-7(3-2-4-8(6)13(15)16)10-11-9(5-14)12-17-10/h2-4,14H,5H2,1H3. The van der Waals surface area contributed by atoms with Gasteiger partial charge in [-0.2, -0.15) is 4.98 Å². The van der Waals surface area contributed by atoms with Crippen LogP contribution in [0.2, 0.25) is 0 Å². The monoisotopic (exact) mass is 235 g/mol. The molecule has 0 fully saturated rings. The van der Waals surface area contributed by atoms with Gasteiger partial charge in [0.25, 0.3) is 11.6 Å². The molecule has 0 amide bonds. The van der Waals surface area contributed by atoms with E-state index in [-0.39, 0.29) is 24.0 Å². The lowest BCUT2D eigenvalue weighted by Gasteiger charge is -2.00. The summed E-state index contributed by atoms with van der Waals surface area (Å²) in [5.74, 6) is 0.307. The Morgan fingerprint density at radius 2 is 2.29 bits per heavy atom. The number of nitro groups is 1. The van der Waals surface area contributed by atoms with Crippen LogP contribution in [-0.2, 0) is 6.61 Å². The van der Waals surface area contributed by atoms with Crippen LogP contribution in [0.4, 0.5) is 5.69 Å². The first-order valence-electron chi connectivity index (χ1n) is 4.81. The van der Waals surface area contributed by atoms with Crippen LogP contribution in [0.3, 0.4) is 0 Å². The molecule has 0 unspecified atom stereocenters. The molecule has 0 radical (unpaired) electrons. The Hall–Kier alpha value is -2.28. The van der Waals surface area contributed by atoms with Gasteiger partial charge in [-0.3, -0.25) is 10.1 Å². The Labute approximate surface area is 95.9 Å². The summed E-state index contributed by atoms with van der Waals surface area (Å²) >= 11 is 0. The van der Waals surface area contributed by atoms with E-state index in [1.54, 1.807) is 19.1 Å². The predicted octanol–water partition coefficient (Wildman–Crippen LogP) is 1.45. The molecule has 0 aliphatic heterocycles. The number of benzene rings is 1. The fourth-order valence-electron chi connectivity index (χ4n) is 1.48. The molecule has 88 valence electrons. The highest BCUT2D eigenvalue weighted by Gasteiger charge is 2.18. The summed E-state index contributed by atoms with van der Waals surface area (Å²) in [4.78, 5) is 14.2. The number of aliphatic hydroxyl groups excluding tert-OH is 1. The normalized spacial score (nSPS) is 10.5. The largest absolute Gasteiger partial charge is 0.388 e. The van der Waals surface area contributed by atoms with Gasteiger partial charge in [-0.15, -0.1) is 0 Å². The molecule has 2 rings (SSSR count). The van der Waals surface area contributed by atoms with Crippen molar-refractivity contribution in [1.82, 2.24) is 10.1 Å². The maximum absolute atomic E-state index is 10.8. The van der Waals surface area contributed by atoms with Crippen molar-refractivity contribution in [2.45, 2.75) is 13.5 Å². The zero-order valence-corrected chi connectivity index (χ0v) is 8.95. The van der Waals surface area contributed by atoms with Gasteiger partial charge in [0.2, 0.25) is 0 Å². The van der Waals surface area contributed by atoms with Crippen LogP contribution in [0, 0.1) is 17.0 Å². The molecule has 0 spiro atoms. The predicted molar refractivity (Wildman–Crippen MR) is 57.0 cm³/mol. The van der Waals surface area contributed by atoms with Crippen LogP contribution in [0.1, 0.15) is 11.4 Å². The third-order valence-electron chi connectivity index (χ3n) is 2.34. The van der Waals surface area contributed by atoms with Crippen LogP contribution < -0.4 is 0 Å². The lowest BCUT2D eigenvalue weighted by molar-refractivity contribution is -0.385. The molecule has 0 saturated carbocycles. The van der Waals surface area contributed by atoms with Crippen molar-refractivity contribution < 1.29 is 14.6 Å². The molecule has 1 aromatic heterocycles. The number of aromatic nitrogens is 2. The minimum Gasteiger partial charge on any atom is -0.388 e. The van der Waals surface area contributed by atoms with Gasteiger partial charge in [0.15, 0.2) is 5.82 Å². The van der Waals surface area contributed by atoms with Crippen molar-refractivity contribution in [2.24, 2.45) is 0 Å². The van der Waals surface area contributed by atoms with Gasteiger partial charge < -0.3 is 9.63 Å². The van der Waals surface area contributed by atoms with Crippen LogP contribution in [0.5, 0.6) is 0 Å². The smallest absolute Gasteiger partial charge is 0.273 e. The SMILES string of the molecule is Cc1c(-c2nc(CO)no2)cccc1[N+](=O)[O-]. The van der Waals surface area contributed by atoms with Crippen molar-refractivity contribution in [2.75, 3.05) is 0 Å². The second kappa shape index (κ2) is 4.30. The molecule has 2 aromatic rings. The third-order valence-corrected chi connectivity index (χ3v) is 2.34. The van der Waals surface area contributed by atoms with E-state index >= 15 is 0 Å². The first-order valence-corrected chi connectivity index (χ1v) is 4.81. The fraction of sp³-hybridized carbons (Fsp3) is 0.200. The van der Waals surface area contributed by atoms with Crippen molar-refractivity contribution >= 4 is 5.69 Å².